The molecule has 5 nitrogen and oxygen atoms in total. The van der Waals surface area contributed by atoms with Crippen molar-refractivity contribution in [3.8, 4) is 0 Å². The Balaban J connectivity index is 2.32. The van der Waals surface area contributed by atoms with Gasteiger partial charge in [-0.1, -0.05) is 18.2 Å². The molecule has 5 heteroatoms. The minimum absolute atomic E-state index is 0.0101. The third-order valence-electron chi connectivity index (χ3n) is 2.50. The van der Waals surface area contributed by atoms with Crippen LogP contribution in [-0.2, 0) is 0 Å². The summed E-state index contributed by atoms with van der Waals surface area (Å²) < 4.78 is 0. The smallest absolute Gasteiger partial charge is 0.226 e. The van der Waals surface area contributed by atoms with E-state index in [9.17, 15) is 0 Å². The monoisotopic (exact) mass is 233 g/mol. The molecule has 0 aliphatic carbocycles. The lowest BCUT2D eigenvalue weighted by atomic mass is 10.2. The molecule has 1 aromatic carbocycles. The Morgan fingerprint density at radius 3 is 2.47 bits per heavy atom. The summed E-state index contributed by atoms with van der Waals surface area (Å²) in [5.41, 5.74) is 0.860. The molecule has 90 valence electrons. The standard InChI is InChI=1S/C12H15N3O2/c16-7-5-15(6-8-17)12-13-9-10-3-1-2-4-11(10)14-12/h1-4,9,16-17H,5-8H2. The molecule has 17 heavy (non-hydrogen) atoms. The van der Waals surface area contributed by atoms with E-state index >= 15 is 0 Å². The highest BCUT2D eigenvalue weighted by Crippen LogP contribution is 2.14. The third-order valence-corrected chi connectivity index (χ3v) is 2.50. The van der Waals surface area contributed by atoms with Gasteiger partial charge in [0.2, 0.25) is 5.95 Å². The molecule has 2 aromatic rings. The molecule has 0 radical (unpaired) electrons. The van der Waals surface area contributed by atoms with Crippen molar-refractivity contribution >= 4 is 16.9 Å². The number of anilines is 1. The topological polar surface area (TPSA) is 69.5 Å². The fourth-order valence-electron chi connectivity index (χ4n) is 1.67. The zero-order valence-electron chi connectivity index (χ0n) is 9.45. The largest absolute Gasteiger partial charge is 0.395 e. The molecule has 0 atom stereocenters. The van der Waals surface area contributed by atoms with Gasteiger partial charge in [0.05, 0.1) is 18.7 Å². The van der Waals surface area contributed by atoms with Gasteiger partial charge in [-0.3, -0.25) is 0 Å². The Morgan fingerprint density at radius 1 is 1.06 bits per heavy atom. The van der Waals surface area contributed by atoms with Gasteiger partial charge in [0.25, 0.3) is 0 Å². The molecule has 0 fully saturated rings. The minimum Gasteiger partial charge on any atom is -0.395 e. The number of nitrogens with zero attached hydrogens (tertiary/aromatic N) is 3. The summed E-state index contributed by atoms with van der Waals surface area (Å²) in [5.74, 6) is 0.534. The maximum Gasteiger partial charge on any atom is 0.226 e. The molecule has 2 rings (SSSR count). The van der Waals surface area contributed by atoms with E-state index in [1.54, 1.807) is 11.1 Å². The number of para-hydroxylation sites is 1. The summed E-state index contributed by atoms with van der Waals surface area (Å²) in [7, 11) is 0. The average Bonchev–Trinajstić information content (AvgIpc) is 2.38. The number of aliphatic hydroxyl groups excluding tert-OH is 2. The highest BCUT2D eigenvalue weighted by Gasteiger charge is 2.08. The first-order valence-corrected chi connectivity index (χ1v) is 5.53. The normalized spacial score (nSPS) is 10.7. The predicted molar refractivity (Wildman–Crippen MR) is 65.9 cm³/mol. The van der Waals surface area contributed by atoms with Crippen LogP contribution >= 0.6 is 0 Å². The van der Waals surface area contributed by atoms with E-state index in [1.165, 1.54) is 0 Å². The number of hydrogen-bond acceptors (Lipinski definition) is 5. The molecule has 0 saturated heterocycles. The average molecular weight is 233 g/mol. The molecule has 1 aromatic heterocycles. The Bertz CT molecular complexity index is 484. The SMILES string of the molecule is OCCN(CCO)c1ncc2ccccc2n1. The van der Waals surface area contributed by atoms with E-state index in [-0.39, 0.29) is 13.2 Å². The molecule has 0 aliphatic rings. The Labute approximate surface area is 99.4 Å². The van der Waals surface area contributed by atoms with Crippen molar-refractivity contribution in [3.05, 3.63) is 30.5 Å². The number of aromatic nitrogens is 2. The zero-order chi connectivity index (χ0) is 12.1. The maximum absolute atomic E-state index is 8.96. The molecule has 0 unspecified atom stereocenters. The van der Waals surface area contributed by atoms with Crippen molar-refractivity contribution in [1.82, 2.24) is 9.97 Å². The second-order valence-electron chi connectivity index (χ2n) is 3.66. The molecule has 2 N–H and O–H groups in total. The van der Waals surface area contributed by atoms with Crippen molar-refractivity contribution in [2.75, 3.05) is 31.2 Å². The van der Waals surface area contributed by atoms with Crippen LogP contribution in [0.25, 0.3) is 10.9 Å². The highest BCUT2D eigenvalue weighted by atomic mass is 16.3. The van der Waals surface area contributed by atoms with E-state index in [1.807, 2.05) is 24.3 Å². The first-order chi connectivity index (χ1) is 8.35. The van der Waals surface area contributed by atoms with Gasteiger partial charge >= 0.3 is 0 Å². The number of fused-ring (bicyclic) bond motifs is 1. The van der Waals surface area contributed by atoms with E-state index in [0.29, 0.717) is 19.0 Å². The molecule has 0 spiro atoms. The maximum atomic E-state index is 8.96. The van der Waals surface area contributed by atoms with Crippen molar-refractivity contribution in [3.63, 3.8) is 0 Å². The summed E-state index contributed by atoms with van der Waals surface area (Å²) in [5, 5.41) is 18.9. The van der Waals surface area contributed by atoms with Crippen molar-refractivity contribution in [1.29, 1.82) is 0 Å². The summed E-state index contributed by atoms with van der Waals surface area (Å²) in [6.07, 6.45) is 1.75. The number of hydrogen-bond donors (Lipinski definition) is 2. The van der Waals surface area contributed by atoms with Gasteiger partial charge < -0.3 is 15.1 Å². The second kappa shape index (κ2) is 5.56. The van der Waals surface area contributed by atoms with Crippen molar-refractivity contribution < 1.29 is 10.2 Å². The van der Waals surface area contributed by atoms with E-state index in [4.69, 9.17) is 10.2 Å². The van der Waals surface area contributed by atoms with Crippen molar-refractivity contribution in [2.24, 2.45) is 0 Å². The molecule has 0 aliphatic heterocycles. The predicted octanol–water partition coefficient (Wildman–Crippen LogP) is 0.421. The van der Waals surface area contributed by atoms with Gasteiger partial charge in [-0.2, -0.15) is 0 Å². The molecule has 0 saturated carbocycles. The fraction of sp³-hybridized carbons (Fsp3) is 0.333. The third kappa shape index (κ3) is 2.69. The van der Waals surface area contributed by atoms with Crippen LogP contribution < -0.4 is 4.90 Å². The van der Waals surface area contributed by atoms with Crippen LogP contribution in [0.2, 0.25) is 0 Å². The first-order valence-electron chi connectivity index (χ1n) is 5.53. The summed E-state index contributed by atoms with van der Waals surface area (Å²) in [6, 6.07) is 7.71. The van der Waals surface area contributed by atoms with E-state index in [0.717, 1.165) is 10.9 Å². The summed E-state index contributed by atoms with van der Waals surface area (Å²) in [6.45, 7) is 0.851. The molecule has 0 amide bonds. The Morgan fingerprint density at radius 2 is 1.76 bits per heavy atom. The van der Waals surface area contributed by atoms with Crippen LogP contribution in [0.4, 0.5) is 5.95 Å². The molecular formula is C12H15N3O2. The lowest BCUT2D eigenvalue weighted by molar-refractivity contribution is 0.280. The summed E-state index contributed by atoms with van der Waals surface area (Å²) >= 11 is 0. The van der Waals surface area contributed by atoms with Crippen LogP contribution in [-0.4, -0.2) is 46.5 Å². The van der Waals surface area contributed by atoms with E-state index in [2.05, 4.69) is 9.97 Å². The zero-order valence-corrected chi connectivity index (χ0v) is 9.45. The van der Waals surface area contributed by atoms with Crippen LogP contribution in [0.1, 0.15) is 0 Å². The Kier molecular flexibility index (Phi) is 3.85. The van der Waals surface area contributed by atoms with Crippen molar-refractivity contribution in [2.45, 2.75) is 0 Å². The quantitative estimate of drug-likeness (QED) is 0.783. The molecular weight excluding hydrogens is 218 g/mol. The molecule has 1 heterocycles. The van der Waals surface area contributed by atoms with Crippen LogP contribution in [0.15, 0.2) is 30.5 Å². The molecule has 0 bridgehead atoms. The summed E-state index contributed by atoms with van der Waals surface area (Å²) in [4.78, 5) is 10.4. The van der Waals surface area contributed by atoms with Gasteiger partial charge in [0, 0.05) is 24.7 Å². The lowest BCUT2D eigenvalue weighted by Crippen LogP contribution is -2.31. The van der Waals surface area contributed by atoms with Crippen LogP contribution in [0, 0.1) is 0 Å². The van der Waals surface area contributed by atoms with Gasteiger partial charge in [0.1, 0.15) is 0 Å². The second-order valence-corrected chi connectivity index (χ2v) is 3.66. The van der Waals surface area contributed by atoms with Gasteiger partial charge in [-0.15, -0.1) is 0 Å². The number of aliphatic hydroxyl groups is 2. The minimum atomic E-state index is 0.0101. The number of rotatable bonds is 5. The number of benzene rings is 1. The van der Waals surface area contributed by atoms with Crippen LogP contribution in [0.5, 0.6) is 0 Å². The van der Waals surface area contributed by atoms with Gasteiger partial charge in [-0.05, 0) is 6.07 Å². The van der Waals surface area contributed by atoms with Crippen LogP contribution in [0.3, 0.4) is 0 Å². The highest BCUT2D eigenvalue weighted by molar-refractivity contribution is 5.78. The van der Waals surface area contributed by atoms with Gasteiger partial charge in [-0.25, -0.2) is 9.97 Å². The van der Waals surface area contributed by atoms with E-state index < -0.39 is 0 Å². The van der Waals surface area contributed by atoms with Gasteiger partial charge in [0.15, 0.2) is 0 Å². The first kappa shape index (κ1) is 11.8. The Hall–Kier alpha value is -1.72. The lowest BCUT2D eigenvalue weighted by Gasteiger charge is -2.20. The fourth-order valence-corrected chi connectivity index (χ4v) is 1.67.